The van der Waals surface area contributed by atoms with Crippen molar-refractivity contribution in [1.82, 2.24) is 15.0 Å². The molecule has 2 aromatic heterocycles. The molecule has 1 spiro atoms. The van der Waals surface area contributed by atoms with Crippen LogP contribution in [-0.4, -0.2) is 46.9 Å². The van der Waals surface area contributed by atoms with E-state index >= 15 is 0 Å². The fourth-order valence-corrected chi connectivity index (χ4v) is 4.06. The first-order valence-corrected chi connectivity index (χ1v) is 9.40. The van der Waals surface area contributed by atoms with Gasteiger partial charge >= 0.3 is 0 Å². The van der Waals surface area contributed by atoms with Crippen LogP contribution in [0.4, 0.5) is 5.95 Å². The van der Waals surface area contributed by atoms with E-state index in [0.29, 0.717) is 25.7 Å². The Morgan fingerprint density at radius 1 is 1.27 bits per heavy atom. The van der Waals surface area contributed by atoms with Crippen molar-refractivity contribution in [3.8, 4) is 0 Å². The molecule has 0 amide bonds. The first kappa shape index (κ1) is 17.4. The highest BCUT2D eigenvalue weighted by Gasteiger charge is 2.47. The summed E-state index contributed by atoms with van der Waals surface area (Å²) in [6.07, 6.45) is 8.97. The lowest BCUT2D eigenvalue weighted by Crippen LogP contribution is -2.55. The molecule has 3 heterocycles. The normalized spacial score (nSPS) is 25.7. The predicted molar refractivity (Wildman–Crippen MR) is 98.9 cm³/mol. The van der Waals surface area contributed by atoms with Gasteiger partial charge in [-0.2, -0.15) is 0 Å². The van der Waals surface area contributed by atoms with Crippen molar-refractivity contribution >= 4 is 5.95 Å². The van der Waals surface area contributed by atoms with E-state index in [2.05, 4.69) is 19.9 Å². The number of anilines is 1. The zero-order chi connectivity index (χ0) is 17.8. The zero-order valence-electron chi connectivity index (χ0n) is 15.3. The summed E-state index contributed by atoms with van der Waals surface area (Å²) < 4.78 is 12.3. The number of nitrogens with zero attached hydrogens (tertiary/aromatic N) is 4. The van der Waals surface area contributed by atoms with Crippen LogP contribution in [0.15, 0.2) is 36.8 Å². The van der Waals surface area contributed by atoms with Gasteiger partial charge in [0.2, 0.25) is 5.95 Å². The summed E-state index contributed by atoms with van der Waals surface area (Å²) in [5.41, 5.74) is 1.91. The highest BCUT2D eigenvalue weighted by atomic mass is 16.5. The molecule has 0 aromatic carbocycles. The topological polar surface area (TPSA) is 60.4 Å². The maximum atomic E-state index is 6.32. The zero-order valence-corrected chi connectivity index (χ0v) is 15.3. The average Bonchev–Trinajstić information content (AvgIpc) is 3.05. The number of hydrogen-bond acceptors (Lipinski definition) is 6. The average molecular weight is 354 g/mol. The van der Waals surface area contributed by atoms with E-state index in [-0.39, 0.29) is 5.60 Å². The van der Waals surface area contributed by atoms with Gasteiger partial charge in [0.1, 0.15) is 0 Å². The number of pyridine rings is 1. The number of ether oxygens (including phenoxy) is 2. The second-order valence-electron chi connectivity index (χ2n) is 7.32. The van der Waals surface area contributed by atoms with E-state index in [0.717, 1.165) is 43.1 Å². The molecule has 138 valence electrons. The van der Waals surface area contributed by atoms with Crippen LogP contribution in [0.25, 0.3) is 0 Å². The summed E-state index contributed by atoms with van der Waals surface area (Å²) in [6.45, 7) is 5.67. The van der Waals surface area contributed by atoms with Crippen LogP contribution in [0.2, 0.25) is 0 Å². The Morgan fingerprint density at radius 2 is 2.15 bits per heavy atom. The van der Waals surface area contributed by atoms with Crippen molar-refractivity contribution in [2.24, 2.45) is 5.92 Å². The Kier molecular flexibility index (Phi) is 5.13. The van der Waals surface area contributed by atoms with Gasteiger partial charge in [-0.15, -0.1) is 0 Å². The third-order valence-corrected chi connectivity index (χ3v) is 5.45. The summed E-state index contributed by atoms with van der Waals surface area (Å²) >= 11 is 0. The molecule has 0 bridgehead atoms. The minimum Gasteiger partial charge on any atom is -0.375 e. The van der Waals surface area contributed by atoms with E-state index in [9.17, 15) is 0 Å². The van der Waals surface area contributed by atoms with Gasteiger partial charge in [-0.05, 0) is 37.5 Å². The molecule has 6 heteroatoms. The van der Waals surface area contributed by atoms with Crippen molar-refractivity contribution in [3.63, 3.8) is 0 Å². The molecule has 6 nitrogen and oxygen atoms in total. The molecule has 1 saturated heterocycles. The van der Waals surface area contributed by atoms with Gasteiger partial charge in [-0.3, -0.25) is 4.98 Å². The lowest BCUT2D eigenvalue weighted by molar-refractivity contribution is -0.101. The molecule has 1 aliphatic carbocycles. The highest BCUT2D eigenvalue weighted by Crippen LogP contribution is 2.41. The number of morpholine rings is 1. The lowest BCUT2D eigenvalue weighted by atomic mass is 9.89. The Morgan fingerprint density at radius 3 is 2.96 bits per heavy atom. The minimum atomic E-state index is -0.142. The first-order valence-electron chi connectivity index (χ1n) is 9.40. The largest absolute Gasteiger partial charge is 0.375 e. The Bertz CT molecular complexity index is 710. The first-order chi connectivity index (χ1) is 12.8. The third-order valence-electron chi connectivity index (χ3n) is 5.45. The van der Waals surface area contributed by atoms with Crippen LogP contribution in [-0.2, 0) is 16.1 Å². The Hall–Kier alpha value is -2.05. The molecular formula is C20H26N4O2. The van der Waals surface area contributed by atoms with Crippen molar-refractivity contribution in [2.75, 3.05) is 31.2 Å². The summed E-state index contributed by atoms with van der Waals surface area (Å²) in [5, 5.41) is 0. The second-order valence-corrected chi connectivity index (χ2v) is 7.32. The van der Waals surface area contributed by atoms with Crippen molar-refractivity contribution in [1.29, 1.82) is 0 Å². The molecule has 2 fully saturated rings. The Balaban J connectivity index is 1.39. The number of rotatable bonds is 5. The van der Waals surface area contributed by atoms with Crippen molar-refractivity contribution in [2.45, 2.75) is 38.4 Å². The Labute approximate surface area is 154 Å². The molecular weight excluding hydrogens is 328 g/mol. The summed E-state index contributed by atoms with van der Waals surface area (Å²) in [6, 6.07) is 5.91. The van der Waals surface area contributed by atoms with E-state index in [1.165, 1.54) is 6.42 Å². The van der Waals surface area contributed by atoms with Gasteiger partial charge in [0.05, 0.1) is 37.7 Å². The van der Waals surface area contributed by atoms with Crippen molar-refractivity contribution < 1.29 is 9.47 Å². The van der Waals surface area contributed by atoms with Crippen molar-refractivity contribution in [3.05, 3.63) is 48.0 Å². The SMILES string of the molecule is Cc1cnc(N2CCO[C@]3(CCC[C@@H]3COCc3ccccn3)C2)nc1. The molecule has 2 aliphatic rings. The number of hydrogen-bond donors (Lipinski definition) is 0. The van der Waals surface area contributed by atoms with Gasteiger partial charge in [-0.25, -0.2) is 9.97 Å². The highest BCUT2D eigenvalue weighted by molar-refractivity contribution is 5.32. The molecule has 26 heavy (non-hydrogen) atoms. The van der Waals surface area contributed by atoms with Crippen LogP contribution in [0.5, 0.6) is 0 Å². The lowest BCUT2D eigenvalue weighted by Gasteiger charge is -2.44. The predicted octanol–water partition coefficient (Wildman–Crippen LogP) is 2.77. The van der Waals surface area contributed by atoms with Crippen LogP contribution in [0.3, 0.4) is 0 Å². The summed E-state index contributed by atoms with van der Waals surface area (Å²) in [5.74, 6) is 1.21. The standard InChI is InChI=1S/C20H26N4O2/c1-16-11-22-19(23-12-16)24-9-10-26-20(15-24)7-4-5-17(20)13-25-14-18-6-2-3-8-21-18/h2-3,6,8,11-12,17H,4-5,7,9-10,13-15H2,1H3/t17-,20-/m1/s1. The van der Waals surface area contributed by atoms with E-state index in [1.807, 2.05) is 37.5 Å². The van der Waals surface area contributed by atoms with Crippen LogP contribution in [0.1, 0.15) is 30.5 Å². The van der Waals surface area contributed by atoms with E-state index < -0.39 is 0 Å². The third kappa shape index (κ3) is 3.71. The fourth-order valence-electron chi connectivity index (χ4n) is 4.06. The molecule has 1 saturated carbocycles. The summed E-state index contributed by atoms with van der Waals surface area (Å²) in [7, 11) is 0. The minimum absolute atomic E-state index is 0.142. The molecule has 0 unspecified atom stereocenters. The second kappa shape index (κ2) is 7.68. The number of aryl methyl sites for hydroxylation is 1. The molecule has 0 radical (unpaired) electrons. The smallest absolute Gasteiger partial charge is 0.225 e. The monoisotopic (exact) mass is 354 g/mol. The van der Waals surface area contributed by atoms with Crippen LogP contribution in [0, 0.1) is 12.8 Å². The van der Waals surface area contributed by atoms with Gasteiger partial charge in [0.15, 0.2) is 0 Å². The molecule has 2 atom stereocenters. The maximum absolute atomic E-state index is 6.32. The number of aromatic nitrogens is 3. The molecule has 4 rings (SSSR count). The molecule has 2 aromatic rings. The van der Waals surface area contributed by atoms with Crippen LogP contribution < -0.4 is 4.90 Å². The van der Waals surface area contributed by atoms with E-state index in [1.54, 1.807) is 6.20 Å². The maximum Gasteiger partial charge on any atom is 0.225 e. The van der Waals surface area contributed by atoms with Gasteiger partial charge in [0, 0.05) is 31.1 Å². The van der Waals surface area contributed by atoms with Gasteiger partial charge < -0.3 is 14.4 Å². The van der Waals surface area contributed by atoms with E-state index in [4.69, 9.17) is 9.47 Å². The van der Waals surface area contributed by atoms with Gasteiger partial charge in [0.25, 0.3) is 0 Å². The molecule has 1 aliphatic heterocycles. The fraction of sp³-hybridized carbons (Fsp3) is 0.550. The van der Waals surface area contributed by atoms with Crippen LogP contribution >= 0.6 is 0 Å². The molecule has 0 N–H and O–H groups in total. The summed E-state index contributed by atoms with van der Waals surface area (Å²) in [4.78, 5) is 15.6. The van der Waals surface area contributed by atoms with Gasteiger partial charge in [-0.1, -0.05) is 12.5 Å². The quantitative estimate of drug-likeness (QED) is 0.823.